The monoisotopic (exact) mass is 242 g/mol. The summed E-state index contributed by atoms with van der Waals surface area (Å²) in [4.78, 5) is 1.87. The molecule has 3 N–H and O–H groups in total. The van der Waals surface area contributed by atoms with Gasteiger partial charge in [-0.05, 0) is 24.8 Å². The third kappa shape index (κ3) is 2.49. The molecule has 0 aromatic heterocycles. The molecule has 1 saturated heterocycles. The average molecular weight is 242 g/mol. The second kappa shape index (κ2) is 4.87. The van der Waals surface area contributed by atoms with Crippen molar-refractivity contribution in [3.63, 3.8) is 0 Å². The van der Waals surface area contributed by atoms with Crippen molar-refractivity contribution in [1.82, 2.24) is 0 Å². The van der Waals surface area contributed by atoms with E-state index in [2.05, 4.69) is 0 Å². The quantitative estimate of drug-likeness (QED) is 0.777. The van der Waals surface area contributed by atoms with Crippen molar-refractivity contribution in [3.05, 3.63) is 23.8 Å². The Labute approximate surface area is 98.8 Å². The zero-order valence-corrected chi connectivity index (χ0v) is 9.50. The van der Waals surface area contributed by atoms with Crippen LogP contribution in [0, 0.1) is 17.6 Å². The van der Waals surface area contributed by atoms with E-state index in [9.17, 15) is 8.78 Å². The van der Waals surface area contributed by atoms with Crippen LogP contribution in [0.15, 0.2) is 12.1 Å². The molecule has 0 atom stereocenters. The number of anilines is 2. The summed E-state index contributed by atoms with van der Waals surface area (Å²) in [6.45, 7) is 1.50. The maximum atomic E-state index is 13.3. The van der Waals surface area contributed by atoms with Crippen LogP contribution in [0.4, 0.5) is 20.2 Å². The number of nitrogens with zero attached hydrogens (tertiary/aromatic N) is 1. The summed E-state index contributed by atoms with van der Waals surface area (Å²) in [5.74, 6) is -1.05. The highest BCUT2D eigenvalue weighted by molar-refractivity contribution is 5.68. The van der Waals surface area contributed by atoms with Gasteiger partial charge in [0.25, 0.3) is 0 Å². The van der Waals surface area contributed by atoms with Crippen LogP contribution in [0.2, 0.25) is 0 Å². The first-order valence-electron chi connectivity index (χ1n) is 5.72. The number of piperidine rings is 1. The van der Waals surface area contributed by atoms with E-state index in [0.717, 1.165) is 18.9 Å². The van der Waals surface area contributed by atoms with E-state index in [1.54, 1.807) is 0 Å². The van der Waals surface area contributed by atoms with Crippen molar-refractivity contribution in [2.75, 3.05) is 30.3 Å². The third-order valence-electron chi connectivity index (χ3n) is 3.29. The first kappa shape index (κ1) is 12.1. The SMILES string of the molecule is Nc1c(F)cc(F)cc1N1CCC(CO)CC1. The Morgan fingerprint density at radius 1 is 1.29 bits per heavy atom. The van der Waals surface area contributed by atoms with Gasteiger partial charge < -0.3 is 15.7 Å². The van der Waals surface area contributed by atoms with Crippen LogP contribution in [0.5, 0.6) is 0 Å². The lowest BCUT2D eigenvalue weighted by molar-refractivity contribution is 0.203. The van der Waals surface area contributed by atoms with Gasteiger partial charge in [0.2, 0.25) is 0 Å². The van der Waals surface area contributed by atoms with Gasteiger partial charge >= 0.3 is 0 Å². The predicted octanol–water partition coefficient (Wildman–Crippen LogP) is 1.76. The maximum Gasteiger partial charge on any atom is 0.151 e. The summed E-state index contributed by atoms with van der Waals surface area (Å²) in [5.41, 5.74) is 6.03. The Bertz CT molecular complexity index is 404. The van der Waals surface area contributed by atoms with E-state index in [1.807, 2.05) is 4.90 Å². The minimum atomic E-state index is -0.718. The summed E-state index contributed by atoms with van der Waals surface area (Å²) in [5, 5.41) is 9.03. The van der Waals surface area contributed by atoms with Gasteiger partial charge in [-0.2, -0.15) is 0 Å². The Balaban J connectivity index is 2.18. The number of hydrogen-bond donors (Lipinski definition) is 2. The highest BCUT2D eigenvalue weighted by Crippen LogP contribution is 2.30. The van der Waals surface area contributed by atoms with Gasteiger partial charge in [-0.15, -0.1) is 0 Å². The number of benzene rings is 1. The molecule has 0 unspecified atom stereocenters. The number of halogens is 2. The number of hydrogen-bond acceptors (Lipinski definition) is 3. The van der Waals surface area contributed by atoms with E-state index in [4.69, 9.17) is 10.8 Å². The number of nitrogen functional groups attached to an aromatic ring is 1. The molecule has 0 spiro atoms. The molecule has 0 aliphatic carbocycles. The molecule has 0 amide bonds. The molecular weight excluding hydrogens is 226 g/mol. The van der Waals surface area contributed by atoms with Crippen LogP contribution >= 0.6 is 0 Å². The van der Waals surface area contributed by atoms with Crippen molar-refractivity contribution >= 4 is 11.4 Å². The maximum absolute atomic E-state index is 13.3. The molecule has 1 aliphatic heterocycles. The molecule has 0 saturated carbocycles. The zero-order chi connectivity index (χ0) is 12.4. The summed E-state index contributed by atoms with van der Waals surface area (Å²) in [6.07, 6.45) is 1.63. The minimum Gasteiger partial charge on any atom is -0.396 e. The van der Waals surface area contributed by atoms with Crippen molar-refractivity contribution in [2.24, 2.45) is 5.92 Å². The van der Waals surface area contributed by atoms with Crippen LogP contribution in [-0.2, 0) is 0 Å². The molecule has 1 heterocycles. The van der Waals surface area contributed by atoms with Gasteiger partial charge in [0.15, 0.2) is 5.82 Å². The van der Waals surface area contributed by atoms with Gasteiger partial charge in [0, 0.05) is 25.8 Å². The fourth-order valence-electron chi connectivity index (χ4n) is 2.19. The summed E-state index contributed by atoms with van der Waals surface area (Å²) in [6, 6.07) is 2.05. The summed E-state index contributed by atoms with van der Waals surface area (Å²) < 4.78 is 26.4. The first-order valence-corrected chi connectivity index (χ1v) is 5.72. The van der Waals surface area contributed by atoms with Gasteiger partial charge in [-0.3, -0.25) is 0 Å². The van der Waals surface area contributed by atoms with Crippen LogP contribution in [0.25, 0.3) is 0 Å². The molecule has 1 aromatic carbocycles. The smallest absolute Gasteiger partial charge is 0.151 e. The molecule has 17 heavy (non-hydrogen) atoms. The van der Waals surface area contributed by atoms with Crippen molar-refractivity contribution in [3.8, 4) is 0 Å². The van der Waals surface area contributed by atoms with Gasteiger partial charge in [-0.25, -0.2) is 8.78 Å². The standard InChI is InChI=1S/C12H16F2N2O/c13-9-5-10(14)12(15)11(6-9)16-3-1-8(7-17)2-4-16/h5-6,8,17H,1-4,7,15H2. The van der Waals surface area contributed by atoms with Gasteiger partial charge in [0.05, 0.1) is 11.4 Å². The van der Waals surface area contributed by atoms with Crippen LogP contribution < -0.4 is 10.6 Å². The van der Waals surface area contributed by atoms with Crippen molar-refractivity contribution in [2.45, 2.75) is 12.8 Å². The normalized spacial score (nSPS) is 17.5. The lowest BCUT2D eigenvalue weighted by atomic mass is 9.97. The highest BCUT2D eigenvalue weighted by atomic mass is 19.1. The number of rotatable bonds is 2. The van der Waals surface area contributed by atoms with E-state index >= 15 is 0 Å². The summed E-state index contributed by atoms with van der Waals surface area (Å²) in [7, 11) is 0. The van der Waals surface area contributed by atoms with Gasteiger partial charge in [0.1, 0.15) is 5.82 Å². The van der Waals surface area contributed by atoms with E-state index in [1.165, 1.54) is 6.07 Å². The van der Waals surface area contributed by atoms with Gasteiger partial charge in [-0.1, -0.05) is 0 Å². The summed E-state index contributed by atoms with van der Waals surface area (Å²) >= 11 is 0. The molecule has 0 radical (unpaired) electrons. The predicted molar refractivity (Wildman–Crippen MR) is 62.8 cm³/mol. The van der Waals surface area contributed by atoms with E-state index in [0.29, 0.717) is 18.8 Å². The first-order chi connectivity index (χ1) is 8.11. The lowest BCUT2D eigenvalue weighted by Gasteiger charge is -2.33. The molecule has 1 aliphatic rings. The Morgan fingerprint density at radius 2 is 1.94 bits per heavy atom. The lowest BCUT2D eigenvalue weighted by Crippen LogP contribution is -2.35. The molecule has 3 nitrogen and oxygen atoms in total. The molecule has 1 aromatic rings. The number of aliphatic hydroxyl groups excluding tert-OH is 1. The largest absolute Gasteiger partial charge is 0.396 e. The molecule has 0 bridgehead atoms. The Kier molecular flexibility index (Phi) is 3.47. The molecular formula is C12H16F2N2O. The minimum absolute atomic E-state index is 0.00570. The fourth-order valence-corrected chi connectivity index (χ4v) is 2.19. The number of nitrogens with two attached hydrogens (primary N) is 1. The Hall–Kier alpha value is -1.36. The molecule has 1 fully saturated rings. The van der Waals surface area contributed by atoms with Crippen molar-refractivity contribution in [1.29, 1.82) is 0 Å². The number of aliphatic hydroxyl groups is 1. The van der Waals surface area contributed by atoms with Crippen LogP contribution in [0.1, 0.15) is 12.8 Å². The second-order valence-electron chi connectivity index (χ2n) is 4.43. The highest BCUT2D eigenvalue weighted by Gasteiger charge is 2.21. The fraction of sp³-hybridized carbons (Fsp3) is 0.500. The average Bonchev–Trinajstić information content (AvgIpc) is 2.34. The molecule has 2 rings (SSSR count). The zero-order valence-electron chi connectivity index (χ0n) is 9.50. The third-order valence-corrected chi connectivity index (χ3v) is 3.29. The van der Waals surface area contributed by atoms with Crippen molar-refractivity contribution < 1.29 is 13.9 Å². The van der Waals surface area contributed by atoms with E-state index < -0.39 is 11.6 Å². The van der Waals surface area contributed by atoms with Crippen LogP contribution in [0.3, 0.4) is 0 Å². The Morgan fingerprint density at radius 3 is 2.53 bits per heavy atom. The second-order valence-corrected chi connectivity index (χ2v) is 4.43. The van der Waals surface area contributed by atoms with E-state index in [-0.39, 0.29) is 18.2 Å². The molecule has 94 valence electrons. The molecule has 5 heteroatoms. The van der Waals surface area contributed by atoms with Crippen LogP contribution in [-0.4, -0.2) is 24.8 Å². The topological polar surface area (TPSA) is 49.5 Å².